The molecule has 3 heterocycles. The number of para-hydroxylation sites is 1. The Hall–Kier alpha value is -4.34. The van der Waals surface area contributed by atoms with Crippen LogP contribution in [0.15, 0.2) is 63.9 Å². The summed E-state index contributed by atoms with van der Waals surface area (Å²) in [6.07, 6.45) is 1.64. The van der Waals surface area contributed by atoms with Gasteiger partial charge in [-0.3, -0.25) is 14.3 Å². The van der Waals surface area contributed by atoms with Crippen LogP contribution in [0.3, 0.4) is 0 Å². The number of anilines is 1. The lowest BCUT2D eigenvalue weighted by Gasteiger charge is -2.15. The number of nitrogens with zero attached hydrogens (tertiary/aromatic N) is 4. The van der Waals surface area contributed by atoms with Crippen molar-refractivity contribution in [1.82, 2.24) is 15.0 Å². The topological polar surface area (TPSA) is 108 Å². The van der Waals surface area contributed by atoms with Crippen LogP contribution in [0.4, 0.5) is 10.1 Å². The normalized spacial score (nSPS) is 13.1. The smallest absolute Gasteiger partial charge is 0.339 e. The first-order valence-corrected chi connectivity index (χ1v) is 9.70. The van der Waals surface area contributed by atoms with Crippen molar-refractivity contribution in [2.75, 3.05) is 11.4 Å². The van der Waals surface area contributed by atoms with Crippen LogP contribution in [-0.4, -0.2) is 33.2 Å². The van der Waals surface area contributed by atoms with Crippen molar-refractivity contribution in [2.24, 2.45) is 0 Å². The van der Waals surface area contributed by atoms with Crippen molar-refractivity contribution >= 4 is 28.3 Å². The minimum atomic E-state index is -0.730. The molecule has 0 fully saturated rings. The molecule has 0 radical (unpaired) electrons. The summed E-state index contributed by atoms with van der Waals surface area (Å²) in [6.45, 7) is 0.495. The van der Waals surface area contributed by atoms with E-state index in [4.69, 9.17) is 9.15 Å². The summed E-state index contributed by atoms with van der Waals surface area (Å²) in [6, 6.07) is 12.0. The van der Waals surface area contributed by atoms with Crippen LogP contribution in [0.25, 0.3) is 11.0 Å². The minimum Gasteiger partial charge on any atom is -0.486 e. The van der Waals surface area contributed by atoms with Crippen LogP contribution in [0, 0.1) is 5.82 Å². The molecule has 9 nitrogen and oxygen atoms in total. The van der Waals surface area contributed by atoms with Gasteiger partial charge in [0.05, 0.1) is 35.4 Å². The molecule has 0 saturated heterocycles. The Balaban J connectivity index is 1.26. The lowest BCUT2D eigenvalue weighted by Crippen LogP contribution is -2.32. The van der Waals surface area contributed by atoms with E-state index in [1.54, 1.807) is 24.4 Å². The van der Waals surface area contributed by atoms with E-state index in [-0.39, 0.29) is 25.3 Å². The van der Waals surface area contributed by atoms with Gasteiger partial charge in [0, 0.05) is 6.54 Å². The van der Waals surface area contributed by atoms with E-state index >= 15 is 0 Å². The van der Waals surface area contributed by atoms with E-state index in [2.05, 4.69) is 10.3 Å². The number of Topliss-reactive ketones (excluding diaryl/α,β-unsaturated/α-hetero) is 1. The summed E-state index contributed by atoms with van der Waals surface area (Å²) in [5.74, 6) is -1.64. The number of fused-ring (bicyclic) bond motifs is 2. The number of rotatable bonds is 6. The number of carbonyl (C=O) groups excluding carboxylic acids is 2. The molecule has 1 aliphatic rings. The van der Waals surface area contributed by atoms with Gasteiger partial charge in [0.1, 0.15) is 29.5 Å². The van der Waals surface area contributed by atoms with Crippen molar-refractivity contribution in [3.8, 4) is 5.75 Å². The highest BCUT2D eigenvalue weighted by molar-refractivity contribution is 6.52. The van der Waals surface area contributed by atoms with E-state index < -0.39 is 23.1 Å². The van der Waals surface area contributed by atoms with Crippen molar-refractivity contribution < 1.29 is 23.1 Å². The van der Waals surface area contributed by atoms with Gasteiger partial charge in [-0.2, -0.15) is 0 Å². The van der Waals surface area contributed by atoms with Crippen LogP contribution in [0.5, 0.6) is 5.75 Å². The average Bonchev–Trinajstić information content (AvgIpc) is 3.33. The van der Waals surface area contributed by atoms with Gasteiger partial charge in [-0.1, -0.05) is 17.3 Å². The second-order valence-electron chi connectivity index (χ2n) is 7.13. The average molecular weight is 434 g/mol. The van der Waals surface area contributed by atoms with Gasteiger partial charge in [0.25, 0.3) is 11.7 Å². The van der Waals surface area contributed by atoms with Gasteiger partial charge in [-0.05, 0) is 30.3 Å². The predicted molar refractivity (Wildman–Crippen MR) is 110 cm³/mol. The second-order valence-corrected chi connectivity index (χ2v) is 7.13. The fourth-order valence-corrected chi connectivity index (χ4v) is 3.56. The zero-order chi connectivity index (χ0) is 22.2. The van der Waals surface area contributed by atoms with Gasteiger partial charge >= 0.3 is 5.63 Å². The Morgan fingerprint density at radius 2 is 1.88 bits per heavy atom. The van der Waals surface area contributed by atoms with Crippen molar-refractivity contribution in [1.29, 1.82) is 0 Å². The Morgan fingerprint density at radius 1 is 1.03 bits per heavy atom. The molecule has 160 valence electrons. The van der Waals surface area contributed by atoms with Gasteiger partial charge in [0.15, 0.2) is 0 Å². The molecule has 0 atom stereocenters. The number of halogens is 1. The predicted octanol–water partition coefficient (Wildman–Crippen LogP) is 2.33. The van der Waals surface area contributed by atoms with Gasteiger partial charge < -0.3 is 14.1 Å². The summed E-state index contributed by atoms with van der Waals surface area (Å²) in [7, 11) is 0. The number of ketones is 1. The molecular weight excluding hydrogens is 419 g/mol. The lowest BCUT2D eigenvalue weighted by atomic mass is 10.1. The van der Waals surface area contributed by atoms with E-state index in [0.717, 1.165) is 6.07 Å². The summed E-state index contributed by atoms with van der Waals surface area (Å²) < 4.78 is 25.8. The lowest BCUT2D eigenvalue weighted by molar-refractivity contribution is -0.114. The molecule has 0 bridgehead atoms. The Labute approximate surface area is 179 Å². The highest BCUT2D eigenvalue weighted by Gasteiger charge is 2.35. The standard InChI is InChI=1S/C22H15FN4O5/c23-13-5-6-17-16(9-13)21(29)22(30)27(17)8-7-26-11-14(24-25-26)12-31-19-10-20(28)32-18-4-2-1-3-15(18)19/h1-6,9-11H,7-8,12H2. The molecule has 10 heteroatoms. The highest BCUT2D eigenvalue weighted by atomic mass is 19.1. The zero-order valence-electron chi connectivity index (χ0n) is 16.5. The fraction of sp³-hybridized carbons (Fsp3) is 0.136. The highest BCUT2D eigenvalue weighted by Crippen LogP contribution is 2.29. The van der Waals surface area contributed by atoms with E-state index in [1.807, 2.05) is 6.07 Å². The van der Waals surface area contributed by atoms with Crippen molar-refractivity contribution in [3.05, 3.63) is 82.2 Å². The first-order valence-electron chi connectivity index (χ1n) is 9.70. The molecule has 32 heavy (non-hydrogen) atoms. The van der Waals surface area contributed by atoms with E-state index in [9.17, 15) is 18.8 Å². The van der Waals surface area contributed by atoms with Gasteiger partial charge in [-0.25, -0.2) is 9.18 Å². The maximum atomic E-state index is 13.4. The number of carbonyl (C=O) groups is 2. The van der Waals surface area contributed by atoms with Gasteiger partial charge in [-0.15, -0.1) is 5.10 Å². The third-order valence-electron chi connectivity index (χ3n) is 5.06. The van der Waals surface area contributed by atoms with Crippen molar-refractivity contribution in [3.63, 3.8) is 0 Å². The van der Waals surface area contributed by atoms with E-state index in [1.165, 1.54) is 27.8 Å². The maximum Gasteiger partial charge on any atom is 0.339 e. The molecule has 1 amide bonds. The summed E-state index contributed by atoms with van der Waals surface area (Å²) >= 11 is 0. The number of aromatic nitrogens is 3. The Morgan fingerprint density at radius 3 is 2.75 bits per heavy atom. The van der Waals surface area contributed by atoms with Crippen molar-refractivity contribution in [2.45, 2.75) is 13.2 Å². The van der Waals surface area contributed by atoms with Crippen LogP contribution < -0.4 is 15.3 Å². The SMILES string of the molecule is O=C1C(=O)N(CCn2cc(COc3cc(=O)oc4ccccc34)nn2)c2ccc(F)cc21. The summed E-state index contributed by atoms with van der Waals surface area (Å²) in [5, 5.41) is 8.70. The molecule has 4 aromatic rings. The van der Waals surface area contributed by atoms with E-state index in [0.29, 0.717) is 28.1 Å². The quantitative estimate of drug-likeness (QED) is 0.339. The summed E-state index contributed by atoms with van der Waals surface area (Å²) in [4.78, 5) is 37.3. The second kappa shape index (κ2) is 7.73. The molecular formula is C22H15FN4O5. The number of amides is 1. The molecule has 0 saturated carbocycles. The van der Waals surface area contributed by atoms with Crippen LogP contribution in [0.1, 0.15) is 16.1 Å². The van der Waals surface area contributed by atoms with Crippen LogP contribution in [-0.2, 0) is 17.9 Å². The monoisotopic (exact) mass is 434 g/mol. The number of ether oxygens (including phenoxy) is 1. The molecule has 1 aliphatic heterocycles. The number of hydrogen-bond donors (Lipinski definition) is 0. The number of benzene rings is 2. The molecule has 0 spiro atoms. The first-order chi connectivity index (χ1) is 15.5. The molecule has 2 aromatic heterocycles. The van der Waals surface area contributed by atoms with Crippen LogP contribution >= 0.6 is 0 Å². The molecule has 5 rings (SSSR count). The minimum absolute atomic E-state index is 0.0576. The summed E-state index contributed by atoms with van der Waals surface area (Å²) in [5.41, 5.74) is 0.840. The van der Waals surface area contributed by atoms with Crippen LogP contribution in [0.2, 0.25) is 0 Å². The number of hydrogen-bond acceptors (Lipinski definition) is 7. The molecule has 0 N–H and O–H groups in total. The third kappa shape index (κ3) is 3.51. The fourth-order valence-electron chi connectivity index (χ4n) is 3.56. The zero-order valence-corrected chi connectivity index (χ0v) is 16.5. The Kier molecular flexibility index (Phi) is 4.74. The first kappa shape index (κ1) is 19.6. The van der Waals surface area contributed by atoms with Gasteiger partial charge in [0.2, 0.25) is 0 Å². The molecule has 0 unspecified atom stereocenters. The molecule has 2 aromatic carbocycles. The Bertz CT molecular complexity index is 1430. The largest absolute Gasteiger partial charge is 0.486 e. The third-order valence-corrected chi connectivity index (χ3v) is 5.06. The molecule has 0 aliphatic carbocycles. The maximum absolute atomic E-state index is 13.4.